The summed E-state index contributed by atoms with van der Waals surface area (Å²) in [5.74, 6) is 1.59. The first kappa shape index (κ1) is 15.6. The lowest BCUT2D eigenvalue weighted by Gasteiger charge is -2.25. The van der Waals surface area contributed by atoms with Gasteiger partial charge in [0.1, 0.15) is 0 Å². The number of ether oxygens (including phenoxy) is 2. The number of fused-ring (bicyclic) bond motifs is 1. The van der Waals surface area contributed by atoms with Crippen LogP contribution in [0.25, 0.3) is 0 Å². The van der Waals surface area contributed by atoms with Crippen LogP contribution in [0.5, 0.6) is 11.5 Å². The van der Waals surface area contributed by atoms with Gasteiger partial charge in [-0.1, -0.05) is 0 Å². The Bertz CT molecular complexity index is 463. The molecule has 0 aromatic heterocycles. The van der Waals surface area contributed by atoms with Crippen LogP contribution in [0.4, 0.5) is 0 Å². The number of hydrogen-bond acceptors (Lipinski definition) is 4. The first-order valence-corrected chi connectivity index (χ1v) is 7.75. The highest BCUT2D eigenvalue weighted by Crippen LogP contribution is 2.38. The summed E-state index contributed by atoms with van der Waals surface area (Å²) in [6, 6.07) is 4.07. The zero-order valence-corrected chi connectivity index (χ0v) is 13.6. The summed E-state index contributed by atoms with van der Waals surface area (Å²) in [6.07, 6.45) is 1.62. The van der Waals surface area contributed by atoms with E-state index in [0.29, 0.717) is 13.2 Å². The molecule has 1 aliphatic heterocycles. The first-order chi connectivity index (χ1) is 9.52. The molecule has 1 aromatic rings. The molecule has 0 radical (unpaired) electrons. The van der Waals surface area contributed by atoms with Crippen molar-refractivity contribution in [1.29, 1.82) is 0 Å². The van der Waals surface area contributed by atoms with Crippen LogP contribution in [-0.4, -0.2) is 30.5 Å². The van der Waals surface area contributed by atoms with Crippen molar-refractivity contribution in [3.8, 4) is 11.5 Å². The Morgan fingerprint density at radius 3 is 2.80 bits per heavy atom. The predicted molar refractivity (Wildman–Crippen MR) is 82.4 cm³/mol. The van der Waals surface area contributed by atoms with Crippen molar-refractivity contribution in [2.45, 2.75) is 38.8 Å². The van der Waals surface area contributed by atoms with Crippen molar-refractivity contribution in [2.24, 2.45) is 0 Å². The van der Waals surface area contributed by atoms with Crippen LogP contribution in [0, 0.1) is 0 Å². The summed E-state index contributed by atoms with van der Waals surface area (Å²) in [4.78, 5) is 0. The molecule has 0 unspecified atom stereocenters. The zero-order valence-electron chi connectivity index (χ0n) is 12.0. The monoisotopic (exact) mass is 343 g/mol. The van der Waals surface area contributed by atoms with Crippen molar-refractivity contribution < 1.29 is 14.6 Å². The Morgan fingerprint density at radius 1 is 1.30 bits per heavy atom. The van der Waals surface area contributed by atoms with E-state index in [2.05, 4.69) is 41.2 Å². The zero-order chi connectivity index (χ0) is 14.6. The molecule has 4 nitrogen and oxygen atoms in total. The summed E-state index contributed by atoms with van der Waals surface area (Å²) in [5, 5.41) is 12.5. The van der Waals surface area contributed by atoms with E-state index < -0.39 is 0 Å². The molecule has 0 bridgehead atoms. The Balaban J connectivity index is 2.10. The fourth-order valence-corrected chi connectivity index (χ4v) is 2.70. The minimum absolute atomic E-state index is 0.0919. The summed E-state index contributed by atoms with van der Waals surface area (Å²) >= 11 is 3.55. The normalized spacial score (nSPS) is 15.0. The van der Waals surface area contributed by atoms with Crippen molar-refractivity contribution in [2.75, 3.05) is 19.8 Å². The lowest BCUT2D eigenvalue weighted by atomic mass is 10.0. The van der Waals surface area contributed by atoms with Gasteiger partial charge in [0.05, 0.1) is 17.7 Å². The number of aliphatic hydroxyl groups is 1. The van der Waals surface area contributed by atoms with Gasteiger partial charge in [-0.3, -0.25) is 0 Å². The van der Waals surface area contributed by atoms with Crippen LogP contribution in [0.3, 0.4) is 0 Å². The van der Waals surface area contributed by atoms with E-state index in [0.717, 1.165) is 40.9 Å². The molecule has 0 amide bonds. The van der Waals surface area contributed by atoms with Crippen LogP contribution in [0.15, 0.2) is 16.6 Å². The summed E-state index contributed by atoms with van der Waals surface area (Å²) in [5.41, 5.74) is 1.04. The Morgan fingerprint density at radius 2 is 2.05 bits per heavy atom. The van der Waals surface area contributed by atoms with E-state index in [-0.39, 0.29) is 12.1 Å². The fourth-order valence-electron chi connectivity index (χ4n) is 2.10. The van der Waals surface area contributed by atoms with Gasteiger partial charge < -0.3 is 19.9 Å². The van der Waals surface area contributed by atoms with Gasteiger partial charge in [0.25, 0.3) is 0 Å². The highest BCUT2D eigenvalue weighted by molar-refractivity contribution is 9.10. The number of benzene rings is 1. The van der Waals surface area contributed by atoms with Gasteiger partial charge in [-0.05, 0) is 53.9 Å². The van der Waals surface area contributed by atoms with Crippen molar-refractivity contribution in [3.05, 3.63) is 22.2 Å². The number of rotatable bonds is 5. The molecule has 0 spiro atoms. The van der Waals surface area contributed by atoms with E-state index in [1.54, 1.807) is 0 Å². The molecule has 0 saturated heterocycles. The average molecular weight is 344 g/mol. The van der Waals surface area contributed by atoms with Gasteiger partial charge in [0.15, 0.2) is 11.5 Å². The van der Waals surface area contributed by atoms with Gasteiger partial charge in [0.2, 0.25) is 0 Å². The van der Waals surface area contributed by atoms with Crippen molar-refractivity contribution in [1.82, 2.24) is 5.32 Å². The number of hydrogen-bond donors (Lipinski definition) is 2. The molecule has 20 heavy (non-hydrogen) atoms. The molecule has 1 heterocycles. The van der Waals surface area contributed by atoms with E-state index >= 15 is 0 Å². The molecule has 1 aromatic carbocycles. The lowest BCUT2D eigenvalue weighted by molar-refractivity contribution is 0.230. The van der Waals surface area contributed by atoms with Crippen LogP contribution in [0.1, 0.15) is 32.3 Å². The van der Waals surface area contributed by atoms with Crippen molar-refractivity contribution >= 4 is 15.9 Å². The average Bonchev–Trinajstić information content (AvgIpc) is 2.62. The third-order valence-electron chi connectivity index (χ3n) is 3.37. The Kier molecular flexibility index (Phi) is 5.29. The minimum atomic E-state index is -0.0919. The standard InChI is InChI=1S/C15H22BrNO3/c1-15(2,4-5-18)17-10-11-8-12(16)14-13(9-11)19-6-3-7-20-14/h8-9,17-18H,3-7,10H2,1-2H3. The van der Waals surface area contributed by atoms with Gasteiger partial charge in [-0.2, -0.15) is 0 Å². The maximum atomic E-state index is 9.05. The molecule has 0 fully saturated rings. The highest BCUT2D eigenvalue weighted by Gasteiger charge is 2.18. The van der Waals surface area contributed by atoms with Crippen molar-refractivity contribution in [3.63, 3.8) is 0 Å². The number of halogens is 1. The Hall–Kier alpha value is -0.780. The molecule has 1 aliphatic rings. The fraction of sp³-hybridized carbons (Fsp3) is 0.600. The lowest BCUT2D eigenvalue weighted by Crippen LogP contribution is -2.39. The second-order valence-electron chi connectivity index (χ2n) is 5.67. The molecule has 2 N–H and O–H groups in total. The predicted octanol–water partition coefficient (Wildman–Crippen LogP) is 2.86. The molecule has 0 saturated carbocycles. The molecular weight excluding hydrogens is 322 g/mol. The minimum Gasteiger partial charge on any atom is -0.490 e. The highest BCUT2D eigenvalue weighted by atomic mass is 79.9. The molecule has 2 rings (SSSR count). The van der Waals surface area contributed by atoms with Gasteiger partial charge in [0, 0.05) is 25.1 Å². The van der Waals surface area contributed by atoms with Crippen LogP contribution in [-0.2, 0) is 6.54 Å². The smallest absolute Gasteiger partial charge is 0.175 e. The Labute approximate surface area is 128 Å². The van der Waals surface area contributed by atoms with Gasteiger partial charge in [-0.15, -0.1) is 0 Å². The summed E-state index contributed by atoms with van der Waals surface area (Å²) < 4.78 is 12.3. The number of nitrogens with one attached hydrogen (secondary N) is 1. The SMILES string of the molecule is CC(C)(CCO)NCc1cc(Br)c2c(c1)OCCCO2. The van der Waals surface area contributed by atoms with Gasteiger partial charge >= 0.3 is 0 Å². The van der Waals surface area contributed by atoms with E-state index in [4.69, 9.17) is 14.6 Å². The van der Waals surface area contributed by atoms with Crippen LogP contribution in [0.2, 0.25) is 0 Å². The van der Waals surface area contributed by atoms with E-state index in [1.807, 2.05) is 6.07 Å². The largest absolute Gasteiger partial charge is 0.490 e. The maximum absolute atomic E-state index is 9.05. The second-order valence-corrected chi connectivity index (χ2v) is 6.52. The quantitative estimate of drug-likeness (QED) is 0.863. The summed E-state index contributed by atoms with van der Waals surface area (Å²) in [6.45, 7) is 6.45. The number of aliphatic hydroxyl groups excluding tert-OH is 1. The molecule has 0 atom stereocenters. The third-order valence-corrected chi connectivity index (χ3v) is 3.96. The molecule has 5 heteroatoms. The maximum Gasteiger partial charge on any atom is 0.175 e. The van der Waals surface area contributed by atoms with Crippen LogP contribution >= 0.6 is 15.9 Å². The topological polar surface area (TPSA) is 50.7 Å². The van der Waals surface area contributed by atoms with Crippen LogP contribution < -0.4 is 14.8 Å². The second kappa shape index (κ2) is 6.78. The first-order valence-electron chi connectivity index (χ1n) is 6.96. The summed E-state index contributed by atoms with van der Waals surface area (Å²) in [7, 11) is 0. The van der Waals surface area contributed by atoms with Gasteiger partial charge in [-0.25, -0.2) is 0 Å². The van der Waals surface area contributed by atoms with E-state index in [9.17, 15) is 0 Å². The third kappa shape index (κ3) is 4.11. The molecular formula is C15H22BrNO3. The van der Waals surface area contributed by atoms with E-state index in [1.165, 1.54) is 0 Å². The molecule has 0 aliphatic carbocycles. The molecule has 112 valence electrons.